The van der Waals surface area contributed by atoms with E-state index in [9.17, 15) is 18.4 Å². The van der Waals surface area contributed by atoms with Crippen LogP contribution in [0.1, 0.15) is 40.2 Å². The van der Waals surface area contributed by atoms with Crippen LogP contribution >= 0.6 is 0 Å². The van der Waals surface area contributed by atoms with Gasteiger partial charge in [0.2, 0.25) is 5.91 Å². The van der Waals surface area contributed by atoms with Gasteiger partial charge in [-0.25, -0.2) is 13.8 Å². The fourth-order valence-electron chi connectivity index (χ4n) is 4.28. The molecule has 1 saturated heterocycles. The monoisotopic (exact) mass is 507 g/mol. The number of ether oxygens (including phenoxy) is 2. The van der Waals surface area contributed by atoms with Crippen LogP contribution in [0.4, 0.5) is 14.5 Å². The molecule has 2 aromatic carbocycles. The van der Waals surface area contributed by atoms with Crippen molar-refractivity contribution in [1.29, 1.82) is 0 Å². The number of nitrogens with zero attached hydrogens (tertiary/aromatic N) is 2. The molecule has 1 N–H and O–H groups in total. The van der Waals surface area contributed by atoms with Crippen molar-refractivity contribution in [3.63, 3.8) is 0 Å². The van der Waals surface area contributed by atoms with Crippen LogP contribution in [0, 0.1) is 11.6 Å². The van der Waals surface area contributed by atoms with Gasteiger partial charge in [0, 0.05) is 42.7 Å². The molecule has 0 radical (unpaired) electrons. The Balaban J connectivity index is 1.31. The lowest BCUT2D eigenvalue weighted by Crippen LogP contribution is -2.38. The fourth-order valence-corrected chi connectivity index (χ4v) is 4.28. The van der Waals surface area contributed by atoms with E-state index in [1.165, 1.54) is 50.8 Å². The molecule has 3 aromatic rings. The maximum Gasteiger partial charge on any atom is 0.257 e. The van der Waals surface area contributed by atoms with Gasteiger partial charge in [-0.05, 0) is 60.7 Å². The third-order valence-corrected chi connectivity index (χ3v) is 6.33. The molecular formula is C28H27F2N3O4. The molecule has 7 nitrogen and oxygen atoms in total. The van der Waals surface area contributed by atoms with Crippen molar-refractivity contribution in [3.05, 3.63) is 89.1 Å². The summed E-state index contributed by atoms with van der Waals surface area (Å²) in [5, 5.41) is 2.76. The number of methoxy groups -OCH3 is 2. The second-order valence-corrected chi connectivity index (χ2v) is 8.58. The third kappa shape index (κ3) is 6.11. The summed E-state index contributed by atoms with van der Waals surface area (Å²) in [6.07, 6.45) is 5.50. The summed E-state index contributed by atoms with van der Waals surface area (Å²) >= 11 is 0. The van der Waals surface area contributed by atoms with Crippen molar-refractivity contribution in [2.45, 2.75) is 18.8 Å². The first-order valence-electron chi connectivity index (χ1n) is 11.8. The number of aromatic nitrogens is 1. The van der Waals surface area contributed by atoms with Gasteiger partial charge in [-0.15, -0.1) is 0 Å². The molecule has 0 spiro atoms. The number of carbonyl (C=O) groups excluding carboxylic acids is 2. The topological polar surface area (TPSA) is 80.8 Å². The van der Waals surface area contributed by atoms with E-state index in [0.29, 0.717) is 24.5 Å². The van der Waals surface area contributed by atoms with E-state index in [4.69, 9.17) is 9.47 Å². The zero-order chi connectivity index (χ0) is 26.4. The first kappa shape index (κ1) is 25.8. The van der Waals surface area contributed by atoms with Gasteiger partial charge in [0.1, 0.15) is 11.6 Å². The highest BCUT2D eigenvalue weighted by molar-refractivity contribution is 6.02. The zero-order valence-electron chi connectivity index (χ0n) is 20.5. The van der Waals surface area contributed by atoms with Crippen LogP contribution in [0.5, 0.6) is 11.6 Å². The molecule has 0 aliphatic carbocycles. The summed E-state index contributed by atoms with van der Waals surface area (Å²) in [7, 11) is 2.76. The predicted molar refractivity (Wildman–Crippen MR) is 136 cm³/mol. The van der Waals surface area contributed by atoms with Crippen molar-refractivity contribution in [1.82, 2.24) is 9.88 Å². The number of halogens is 2. The average molecular weight is 508 g/mol. The maximum absolute atomic E-state index is 14.4. The highest BCUT2D eigenvalue weighted by atomic mass is 19.1. The van der Waals surface area contributed by atoms with Crippen LogP contribution in [-0.4, -0.2) is 49.0 Å². The molecule has 1 aliphatic rings. The lowest BCUT2D eigenvalue weighted by Gasteiger charge is -2.32. The number of piperidine rings is 1. The Kier molecular flexibility index (Phi) is 8.12. The first-order valence-corrected chi connectivity index (χ1v) is 11.8. The zero-order valence-corrected chi connectivity index (χ0v) is 20.5. The Hall–Kier alpha value is -4.27. The largest absolute Gasteiger partial charge is 0.497 e. The van der Waals surface area contributed by atoms with Crippen LogP contribution in [-0.2, 0) is 4.79 Å². The standard InChI is InChI=1S/C28H27F2N3O4/c1-36-22-9-5-20(24(29)17-22)6-10-25(34)32-21-7-3-18(4-8-21)19-12-15-33(16-13-19)28(35)23-11-14-31-27(37-2)26(23)30/h3-11,14,17,19H,12-13,15-16H2,1-2H3,(H,32,34)/b10-6+. The number of benzene rings is 2. The highest BCUT2D eigenvalue weighted by Crippen LogP contribution is 2.30. The summed E-state index contributed by atoms with van der Waals surface area (Å²) in [6.45, 7) is 0.998. The average Bonchev–Trinajstić information content (AvgIpc) is 2.92. The van der Waals surface area contributed by atoms with Crippen LogP contribution in [0.3, 0.4) is 0 Å². The summed E-state index contributed by atoms with van der Waals surface area (Å²) in [6, 6.07) is 13.3. The maximum atomic E-state index is 14.4. The van der Waals surface area contributed by atoms with E-state index in [2.05, 4.69) is 10.3 Å². The van der Waals surface area contributed by atoms with Gasteiger partial charge in [-0.3, -0.25) is 9.59 Å². The van der Waals surface area contributed by atoms with Crippen molar-refractivity contribution >= 4 is 23.6 Å². The molecule has 4 rings (SSSR count). The van der Waals surface area contributed by atoms with Gasteiger partial charge in [0.05, 0.1) is 19.8 Å². The molecule has 1 aliphatic heterocycles. The highest BCUT2D eigenvalue weighted by Gasteiger charge is 2.27. The Morgan fingerprint density at radius 3 is 2.41 bits per heavy atom. The van der Waals surface area contributed by atoms with Gasteiger partial charge >= 0.3 is 0 Å². The van der Waals surface area contributed by atoms with Gasteiger partial charge in [0.15, 0.2) is 5.82 Å². The first-order chi connectivity index (χ1) is 17.9. The number of carbonyl (C=O) groups is 2. The number of likely N-dealkylation sites (tertiary alicyclic amines) is 1. The number of amides is 2. The van der Waals surface area contributed by atoms with Crippen LogP contribution in [0.2, 0.25) is 0 Å². The van der Waals surface area contributed by atoms with Crippen molar-refractivity contribution in [2.24, 2.45) is 0 Å². The normalized spacial score (nSPS) is 14.0. The smallest absolute Gasteiger partial charge is 0.257 e. The molecule has 0 bridgehead atoms. The lowest BCUT2D eigenvalue weighted by molar-refractivity contribution is -0.111. The van der Waals surface area contributed by atoms with Gasteiger partial charge in [-0.1, -0.05) is 12.1 Å². The Bertz CT molecular complexity index is 1300. The minimum absolute atomic E-state index is 0.0471. The fraction of sp³-hybridized carbons (Fsp3) is 0.250. The molecule has 2 amide bonds. The Morgan fingerprint density at radius 2 is 1.76 bits per heavy atom. The molecule has 2 heterocycles. The van der Waals surface area contributed by atoms with E-state index in [1.807, 2.05) is 24.3 Å². The number of pyridine rings is 1. The number of hydrogen-bond donors (Lipinski definition) is 1. The van der Waals surface area contributed by atoms with E-state index in [1.54, 1.807) is 11.0 Å². The van der Waals surface area contributed by atoms with Crippen LogP contribution in [0.15, 0.2) is 60.8 Å². The SMILES string of the molecule is COc1ccc(/C=C/C(=O)Nc2ccc(C3CCN(C(=O)c4ccnc(OC)c4F)CC3)cc2)c(F)c1. The van der Waals surface area contributed by atoms with E-state index >= 15 is 0 Å². The molecule has 0 saturated carbocycles. The number of hydrogen-bond acceptors (Lipinski definition) is 5. The Morgan fingerprint density at radius 1 is 1.03 bits per heavy atom. The second kappa shape index (κ2) is 11.6. The molecular weight excluding hydrogens is 480 g/mol. The molecule has 1 aromatic heterocycles. The van der Waals surface area contributed by atoms with Gasteiger partial charge in [0.25, 0.3) is 11.8 Å². The molecule has 37 heavy (non-hydrogen) atoms. The Labute approximate surface area is 213 Å². The molecule has 192 valence electrons. The summed E-state index contributed by atoms with van der Waals surface area (Å²) in [4.78, 5) is 30.5. The minimum Gasteiger partial charge on any atom is -0.497 e. The van der Waals surface area contributed by atoms with E-state index < -0.39 is 11.6 Å². The second-order valence-electron chi connectivity index (χ2n) is 8.58. The van der Waals surface area contributed by atoms with Gasteiger partial charge < -0.3 is 19.7 Å². The van der Waals surface area contributed by atoms with Gasteiger partial charge in [-0.2, -0.15) is 0 Å². The summed E-state index contributed by atoms with van der Waals surface area (Å²) in [5.41, 5.74) is 1.94. The molecule has 9 heteroatoms. The minimum atomic E-state index is -0.751. The number of nitrogens with one attached hydrogen (secondary N) is 1. The van der Waals surface area contributed by atoms with Crippen molar-refractivity contribution < 1.29 is 27.8 Å². The van der Waals surface area contributed by atoms with Crippen molar-refractivity contribution in [2.75, 3.05) is 32.6 Å². The summed E-state index contributed by atoms with van der Waals surface area (Å²) in [5.74, 6) is -1.54. The molecule has 0 atom stereocenters. The third-order valence-electron chi connectivity index (χ3n) is 6.33. The number of anilines is 1. The van der Waals surface area contributed by atoms with Crippen LogP contribution in [0.25, 0.3) is 6.08 Å². The summed E-state index contributed by atoms with van der Waals surface area (Å²) < 4.78 is 38.3. The van der Waals surface area contributed by atoms with Crippen LogP contribution < -0.4 is 14.8 Å². The van der Waals surface area contributed by atoms with E-state index in [-0.39, 0.29) is 34.7 Å². The van der Waals surface area contributed by atoms with E-state index in [0.717, 1.165) is 18.4 Å². The molecule has 1 fully saturated rings. The number of rotatable bonds is 7. The predicted octanol–water partition coefficient (Wildman–Crippen LogP) is 5.05. The quantitative estimate of drug-likeness (QED) is 0.453. The van der Waals surface area contributed by atoms with Crippen molar-refractivity contribution in [3.8, 4) is 11.6 Å². The lowest BCUT2D eigenvalue weighted by atomic mass is 9.89. The molecule has 0 unspecified atom stereocenters.